The SMILES string of the molecule is C=C(O)CN1CCN(CCCOc2cc(CN(Cc3ccccn3)Cc3ccccn3)cc(CN(Cc3ccccn3)Cc3ccccn3)c2)CCN(CC(=O)O)CCN(CC(=O)O)CC1. The maximum atomic E-state index is 11.8. The molecule has 0 atom stereocenters. The number of hydrogen-bond acceptors (Lipinski definition) is 14. The molecule has 0 spiro atoms. The first kappa shape index (κ1) is 49.3. The Kier molecular flexibility index (Phi) is 20.0. The van der Waals surface area contributed by atoms with Crippen LogP contribution in [0.5, 0.6) is 5.75 Å². The van der Waals surface area contributed by atoms with Gasteiger partial charge >= 0.3 is 11.9 Å². The van der Waals surface area contributed by atoms with Crippen molar-refractivity contribution in [2.75, 3.05) is 85.1 Å². The van der Waals surface area contributed by atoms with Gasteiger partial charge in [-0.15, -0.1) is 0 Å². The standard InChI is InChI=1S/C50H64N10O6/c1-41(61)32-56-22-20-55(21-23-57(39-49(62)63)26-27-58(25-24-56)40-50(64)65)19-10-28-66-48-30-42(33-59(35-44-11-2-6-15-51-44)36-45-12-3-7-16-52-45)29-43(31-48)34-60(37-46-13-4-8-17-53-46)38-47-14-5-9-18-54-47/h2-9,11-18,29-31,61H,1,10,19-28,32-40H2,(H,62,63)(H,64,65). The van der Waals surface area contributed by atoms with E-state index in [1.807, 2.05) is 107 Å². The molecule has 66 heavy (non-hydrogen) atoms. The number of rotatable bonds is 23. The van der Waals surface area contributed by atoms with Crippen LogP contribution in [0.1, 0.15) is 40.3 Å². The van der Waals surface area contributed by atoms with Crippen LogP contribution >= 0.6 is 0 Å². The minimum absolute atomic E-state index is 0.0502. The third-order valence-corrected chi connectivity index (χ3v) is 11.2. The van der Waals surface area contributed by atoms with Crippen molar-refractivity contribution in [1.29, 1.82) is 0 Å². The molecule has 6 rings (SSSR count). The van der Waals surface area contributed by atoms with E-state index < -0.39 is 11.9 Å². The molecule has 0 aliphatic carbocycles. The summed E-state index contributed by atoms with van der Waals surface area (Å²) < 4.78 is 6.63. The molecule has 0 bridgehead atoms. The molecule has 0 radical (unpaired) electrons. The van der Waals surface area contributed by atoms with Gasteiger partial charge in [0.2, 0.25) is 0 Å². The van der Waals surface area contributed by atoms with Crippen LogP contribution < -0.4 is 4.74 Å². The number of carbonyl (C=O) groups is 2. The van der Waals surface area contributed by atoms with Crippen LogP contribution in [0.2, 0.25) is 0 Å². The largest absolute Gasteiger partial charge is 0.512 e. The van der Waals surface area contributed by atoms with Gasteiger partial charge in [0, 0.05) is 123 Å². The summed E-state index contributed by atoms with van der Waals surface area (Å²) in [6.45, 7) is 12.9. The molecule has 16 heteroatoms. The second kappa shape index (κ2) is 26.7. The molecule has 5 aromatic rings. The van der Waals surface area contributed by atoms with Crippen LogP contribution in [0.25, 0.3) is 0 Å². The number of carboxylic acids is 2. The predicted octanol–water partition coefficient (Wildman–Crippen LogP) is 4.90. The van der Waals surface area contributed by atoms with Crippen molar-refractivity contribution in [3.05, 3.63) is 162 Å². The highest BCUT2D eigenvalue weighted by Gasteiger charge is 2.20. The topological polar surface area (TPSA) is 175 Å². The van der Waals surface area contributed by atoms with E-state index in [2.05, 4.69) is 64.3 Å². The number of benzene rings is 1. The maximum Gasteiger partial charge on any atom is 0.317 e. The summed E-state index contributed by atoms with van der Waals surface area (Å²) in [6.07, 6.45) is 8.01. The lowest BCUT2D eigenvalue weighted by atomic mass is 10.1. The van der Waals surface area contributed by atoms with Gasteiger partial charge in [0.15, 0.2) is 0 Å². The number of aliphatic hydroxyl groups is 1. The van der Waals surface area contributed by atoms with E-state index in [0.717, 1.165) is 39.7 Å². The van der Waals surface area contributed by atoms with Gasteiger partial charge < -0.3 is 25.0 Å². The number of aliphatic hydroxyl groups excluding tert-OH is 1. The van der Waals surface area contributed by atoms with Crippen LogP contribution in [0.4, 0.5) is 0 Å². The Balaban J connectivity index is 1.20. The summed E-state index contributed by atoms with van der Waals surface area (Å²) in [5, 5.41) is 29.4. The minimum atomic E-state index is -0.937. The smallest absolute Gasteiger partial charge is 0.317 e. The van der Waals surface area contributed by atoms with E-state index in [1.165, 1.54) is 0 Å². The fraction of sp³-hybridized carbons (Fsp3) is 0.400. The molecular formula is C50H64N10O6. The fourth-order valence-corrected chi connectivity index (χ4v) is 8.12. The van der Waals surface area contributed by atoms with E-state index >= 15 is 0 Å². The molecule has 350 valence electrons. The first-order valence-corrected chi connectivity index (χ1v) is 22.6. The van der Waals surface area contributed by atoms with Gasteiger partial charge in [0.1, 0.15) is 5.75 Å². The molecule has 1 saturated heterocycles. The summed E-state index contributed by atoms with van der Waals surface area (Å²) in [5.74, 6) is -1.04. The molecule has 3 N–H and O–H groups in total. The Labute approximate surface area is 388 Å². The lowest BCUT2D eigenvalue weighted by Crippen LogP contribution is -2.48. The Morgan fingerprint density at radius 2 is 0.879 bits per heavy atom. The highest BCUT2D eigenvalue weighted by atomic mass is 16.5. The minimum Gasteiger partial charge on any atom is -0.512 e. The van der Waals surface area contributed by atoms with Gasteiger partial charge in [-0.1, -0.05) is 36.9 Å². The van der Waals surface area contributed by atoms with Crippen LogP contribution in [-0.4, -0.2) is 162 Å². The summed E-state index contributed by atoms with van der Waals surface area (Å²) in [7, 11) is 0. The van der Waals surface area contributed by atoms with Gasteiger partial charge in [-0.05, 0) is 78.2 Å². The number of aliphatic carboxylic acids is 2. The number of aromatic nitrogens is 4. The van der Waals surface area contributed by atoms with Crippen molar-refractivity contribution in [2.24, 2.45) is 0 Å². The Hall–Kier alpha value is -6.14. The highest BCUT2D eigenvalue weighted by Crippen LogP contribution is 2.23. The van der Waals surface area contributed by atoms with Crippen LogP contribution in [0, 0.1) is 0 Å². The van der Waals surface area contributed by atoms with E-state index in [4.69, 9.17) is 4.74 Å². The zero-order valence-electron chi connectivity index (χ0n) is 37.9. The zero-order chi connectivity index (χ0) is 46.4. The lowest BCUT2D eigenvalue weighted by Gasteiger charge is -2.33. The second-order valence-electron chi connectivity index (χ2n) is 16.8. The molecule has 0 amide bonds. The summed E-state index contributed by atoms with van der Waals surface area (Å²) >= 11 is 0. The van der Waals surface area contributed by atoms with Crippen molar-refractivity contribution in [2.45, 2.75) is 45.7 Å². The van der Waals surface area contributed by atoms with Crippen molar-refractivity contribution in [3.63, 3.8) is 0 Å². The number of nitrogens with zero attached hydrogens (tertiary/aromatic N) is 10. The van der Waals surface area contributed by atoms with Gasteiger partial charge in [-0.25, -0.2) is 0 Å². The van der Waals surface area contributed by atoms with Crippen molar-refractivity contribution >= 4 is 11.9 Å². The van der Waals surface area contributed by atoms with Gasteiger partial charge in [-0.2, -0.15) is 0 Å². The third kappa shape index (κ3) is 18.4. The lowest BCUT2D eigenvalue weighted by molar-refractivity contribution is -0.140. The molecule has 0 saturated carbocycles. The van der Waals surface area contributed by atoms with Gasteiger partial charge in [-0.3, -0.25) is 54.0 Å². The molecule has 0 unspecified atom stereocenters. The number of pyridine rings is 4. The first-order valence-electron chi connectivity index (χ1n) is 22.6. The molecule has 16 nitrogen and oxygen atoms in total. The van der Waals surface area contributed by atoms with E-state index in [1.54, 1.807) is 0 Å². The van der Waals surface area contributed by atoms with E-state index in [0.29, 0.717) is 111 Å². The Morgan fingerprint density at radius 1 is 0.515 bits per heavy atom. The van der Waals surface area contributed by atoms with Crippen molar-refractivity contribution in [1.82, 2.24) is 49.3 Å². The summed E-state index contributed by atoms with van der Waals surface area (Å²) in [6, 6.07) is 30.4. The highest BCUT2D eigenvalue weighted by molar-refractivity contribution is 5.69. The second-order valence-corrected chi connectivity index (χ2v) is 16.8. The summed E-state index contributed by atoms with van der Waals surface area (Å²) in [4.78, 5) is 54.8. The zero-order valence-corrected chi connectivity index (χ0v) is 37.9. The normalized spacial score (nSPS) is 15.0. The molecule has 1 fully saturated rings. The first-order chi connectivity index (χ1) is 32.1. The molecule has 1 aromatic carbocycles. The maximum absolute atomic E-state index is 11.8. The van der Waals surface area contributed by atoms with Crippen LogP contribution in [0.15, 0.2) is 128 Å². The fourth-order valence-electron chi connectivity index (χ4n) is 8.12. The molecular weight excluding hydrogens is 837 g/mol. The van der Waals surface area contributed by atoms with E-state index in [9.17, 15) is 24.9 Å². The number of ether oxygens (including phenoxy) is 1. The molecule has 1 aliphatic heterocycles. The summed E-state index contributed by atoms with van der Waals surface area (Å²) in [5.41, 5.74) is 6.06. The number of carboxylic acid groups (broad SMARTS) is 2. The third-order valence-electron chi connectivity index (χ3n) is 11.2. The van der Waals surface area contributed by atoms with Gasteiger partial charge in [0.05, 0.1) is 54.8 Å². The van der Waals surface area contributed by atoms with E-state index in [-0.39, 0.29) is 25.4 Å². The molecule has 5 heterocycles. The van der Waals surface area contributed by atoms with Crippen molar-refractivity contribution in [3.8, 4) is 5.75 Å². The average molecular weight is 901 g/mol. The Bertz CT molecular complexity index is 1990. The molecule has 4 aromatic heterocycles. The predicted molar refractivity (Wildman–Crippen MR) is 252 cm³/mol. The van der Waals surface area contributed by atoms with Crippen molar-refractivity contribution < 1.29 is 29.6 Å². The molecule has 1 aliphatic rings. The van der Waals surface area contributed by atoms with Crippen LogP contribution in [-0.2, 0) is 48.9 Å². The van der Waals surface area contributed by atoms with Crippen LogP contribution in [0.3, 0.4) is 0 Å². The quantitative estimate of drug-likeness (QED) is 0.0596. The van der Waals surface area contributed by atoms with Gasteiger partial charge in [0.25, 0.3) is 0 Å². The Morgan fingerprint density at radius 3 is 1.21 bits per heavy atom. The number of hydrogen-bond donors (Lipinski definition) is 3. The average Bonchev–Trinajstić information content (AvgIpc) is 3.29. The monoisotopic (exact) mass is 901 g/mol.